The summed E-state index contributed by atoms with van der Waals surface area (Å²) < 4.78 is 0. The molecular weight excluding hydrogens is 556 g/mol. The summed E-state index contributed by atoms with van der Waals surface area (Å²) in [4.78, 5) is 43.0. The van der Waals surface area contributed by atoms with Crippen molar-refractivity contribution in [3.63, 3.8) is 0 Å². The molecule has 0 bridgehead atoms. The maximum Gasteiger partial charge on any atom is 0.249 e. The van der Waals surface area contributed by atoms with E-state index in [1.165, 1.54) is 34.1 Å². The van der Waals surface area contributed by atoms with Gasteiger partial charge in [-0.25, -0.2) is 0 Å². The van der Waals surface area contributed by atoms with Gasteiger partial charge in [-0.3, -0.25) is 19.8 Å². The van der Waals surface area contributed by atoms with E-state index >= 15 is 0 Å². The van der Waals surface area contributed by atoms with Crippen molar-refractivity contribution in [2.45, 2.75) is 75.4 Å². The van der Waals surface area contributed by atoms with Crippen LogP contribution in [-0.2, 0) is 27.2 Å². The highest BCUT2D eigenvalue weighted by Crippen LogP contribution is 2.22. The highest BCUT2D eigenvalue weighted by Gasteiger charge is 2.40. The van der Waals surface area contributed by atoms with Crippen molar-refractivity contribution < 1.29 is 34.8 Å². The number of piperidine rings is 1. The molecule has 0 radical (unpaired) electrons. The molecule has 43 heavy (non-hydrogen) atoms. The van der Waals surface area contributed by atoms with Crippen LogP contribution >= 0.6 is 0 Å². The average Bonchev–Trinajstić information content (AvgIpc) is 3.48. The Kier molecular flexibility index (Phi) is 10.4. The van der Waals surface area contributed by atoms with E-state index in [0.29, 0.717) is 44.2 Å². The van der Waals surface area contributed by atoms with Gasteiger partial charge in [-0.2, -0.15) is 0 Å². The molecule has 5 unspecified atom stereocenters. The number of hydrogen-bond acceptors (Lipinski definition) is 8. The topological polar surface area (TPSA) is 213 Å². The van der Waals surface area contributed by atoms with Crippen molar-refractivity contribution >= 4 is 23.7 Å². The number of rotatable bonds is 10. The van der Waals surface area contributed by atoms with Crippen LogP contribution in [0.25, 0.3) is 0 Å². The number of carbonyl (C=O) groups is 3. The van der Waals surface area contributed by atoms with Crippen molar-refractivity contribution in [2.75, 3.05) is 13.1 Å². The molecule has 2 aromatic carbocycles. The predicted molar refractivity (Wildman–Crippen MR) is 157 cm³/mol. The van der Waals surface area contributed by atoms with Gasteiger partial charge in [-0.15, -0.1) is 0 Å². The molecule has 2 saturated heterocycles. The van der Waals surface area contributed by atoms with Crippen LogP contribution < -0.4 is 16.4 Å². The number of amides is 3. The highest BCUT2D eigenvalue weighted by atomic mass is 16.3. The van der Waals surface area contributed by atoms with E-state index < -0.39 is 48.2 Å². The third kappa shape index (κ3) is 8.14. The number of benzene rings is 2. The second kappa shape index (κ2) is 14.2. The van der Waals surface area contributed by atoms with Gasteiger partial charge in [0, 0.05) is 19.5 Å². The summed E-state index contributed by atoms with van der Waals surface area (Å²) in [6, 6.07) is 10.0. The van der Waals surface area contributed by atoms with E-state index in [-0.39, 0.29) is 36.8 Å². The summed E-state index contributed by atoms with van der Waals surface area (Å²) in [5, 5.41) is 53.5. The molecule has 5 atom stereocenters. The van der Waals surface area contributed by atoms with Crippen LogP contribution in [0.2, 0.25) is 0 Å². The van der Waals surface area contributed by atoms with Gasteiger partial charge in [0.1, 0.15) is 35.9 Å². The number of aliphatic hydroxyl groups excluding tert-OH is 2. The molecule has 13 nitrogen and oxygen atoms in total. The van der Waals surface area contributed by atoms with Crippen molar-refractivity contribution in [3.05, 3.63) is 59.7 Å². The Morgan fingerprint density at radius 2 is 1.51 bits per heavy atom. The van der Waals surface area contributed by atoms with Gasteiger partial charge < -0.3 is 46.6 Å². The fourth-order valence-corrected chi connectivity index (χ4v) is 5.60. The first-order valence-corrected chi connectivity index (χ1v) is 14.5. The Balaban J connectivity index is 1.45. The maximum absolute atomic E-state index is 13.9. The standard InChI is InChI=1S/C30H40N6O7/c31-30(32)36-16-1-3-22(28(36)42)33-26(40)24-4-2-15-35(24)29(43)23(17-19-7-12-21(38)13-8-19)34-27(41)25(39)14-9-18-5-10-20(37)11-6-18/h5-8,10-13,22-25,28,37-39,42H,1-4,9,14-17H2,(H3,31,32)(H,33,40)(H,34,41). The first kappa shape index (κ1) is 31.6. The van der Waals surface area contributed by atoms with E-state index in [1.807, 2.05) is 0 Å². The summed E-state index contributed by atoms with van der Waals surface area (Å²) in [6.45, 7) is 0.686. The molecule has 13 heteroatoms. The SMILES string of the molecule is N=C(N)N1CCCC(NC(=O)C2CCCN2C(=O)C(Cc2ccc(O)cc2)NC(=O)C(O)CCc2ccc(O)cc2)C1O. The number of nitrogens with zero attached hydrogens (tertiary/aromatic N) is 2. The largest absolute Gasteiger partial charge is 0.508 e. The molecule has 2 heterocycles. The molecule has 4 rings (SSSR count). The van der Waals surface area contributed by atoms with Crippen molar-refractivity contribution in [1.29, 1.82) is 5.41 Å². The molecule has 2 aliphatic heterocycles. The maximum atomic E-state index is 13.9. The lowest BCUT2D eigenvalue weighted by Gasteiger charge is -2.39. The molecule has 0 spiro atoms. The van der Waals surface area contributed by atoms with Crippen molar-refractivity contribution in [3.8, 4) is 11.5 Å². The zero-order valence-electron chi connectivity index (χ0n) is 23.9. The van der Waals surface area contributed by atoms with E-state index in [1.54, 1.807) is 24.3 Å². The zero-order valence-corrected chi connectivity index (χ0v) is 23.9. The zero-order chi connectivity index (χ0) is 31.1. The Bertz CT molecular complexity index is 1290. The molecular formula is C30H40N6O7. The molecule has 9 N–H and O–H groups in total. The number of aryl methyl sites for hydroxylation is 1. The number of nitrogens with one attached hydrogen (secondary N) is 3. The van der Waals surface area contributed by atoms with Crippen molar-refractivity contribution in [2.24, 2.45) is 5.73 Å². The van der Waals surface area contributed by atoms with Gasteiger partial charge in [-0.05, 0) is 73.9 Å². The summed E-state index contributed by atoms with van der Waals surface area (Å²) >= 11 is 0. The molecule has 0 aliphatic carbocycles. The quantitative estimate of drug-likeness (QED) is 0.136. The molecule has 2 aromatic rings. The van der Waals surface area contributed by atoms with Crippen LogP contribution in [0.15, 0.2) is 48.5 Å². The Hall–Kier alpha value is -4.36. The van der Waals surface area contributed by atoms with E-state index in [0.717, 1.165) is 5.56 Å². The number of aliphatic hydroxyl groups is 2. The fraction of sp³-hybridized carbons (Fsp3) is 0.467. The van der Waals surface area contributed by atoms with E-state index in [2.05, 4.69) is 10.6 Å². The Morgan fingerprint density at radius 1 is 0.930 bits per heavy atom. The van der Waals surface area contributed by atoms with Gasteiger partial charge in [0.05, 0.1) is 6.04 Å². The lowest BCUT2D eigenvalue weighted by Crippen LogP contribution is -2.61. The predicted octanol–water partition coefficient (Wildman–Crippen LogP) is -0.0977. The van der Waals surface area contributed by atoms with E-state index in [4.69, 9.17) is 11.1 Å². The molecule has 232 valence electrons. The van der Waals surface area contributed by atoms with Gasteiger partial charge in [0.25, 0.3) is 0 Å². The first-order valence-electron chi connectivity index (χ1n) is 14.5. The molecule has 3 amide bonds. The van der Waals surface area contributed by atoms with Gasteiger partial charge >= 0.3 is 0 Å². The fourth-order valence-electron chi connectivity index (χ4n) is 5.60. The number of likely N-dealkylation sites (tertiary alicyclic amines) is 2. The van der Waals surface area contributed by atoms with Gasteiger partial charge in [0.15, 0.2) is 5.96 Å². The van der Waals surface area contributed by atoms with Gasteiger partial charge in [0.2, 0.25) is 17.7 Å². The summed E-state index contributed by atoms with van der Waals surface area (Å²) in [7, 11) is 0. The number of phenolic OH excluding ortho intramolecular Hbond substituents is 2. The van der Waals surface area contributed by atoms with Gasteiger partial charge in [-0.1, -0.05) is 24.3 Å². The Labute approximate surface area is 249 Å². The second-order valence-electron chi connectivity index (χ2n) is 11.1. The minimum atomic E-state index is -1.40. The number of aromatic hydroxyl groups is 2. The summed E-state index contributed by atoms with van der Waals surface area (Å²) in [5.41, 5.74) is 7.04. The molecule has 2 fully saturated rings. The third-order valence-corrected chi connectivity index (χ3v) is 8.01. The van der Waals surface area contributed by atoms with Crippen LogP contribution in [0.5, 0.6) is 11.5 Å². The van der Waals surface area contributed by atoms with Crippen LogP contribution in [0.3, 0.4) is 0 Å². The lowest BCUT2D eigenvalue weighted by atomic mass is 10.0. The third-order valence-electron chi connectivity index (χ3n) is 8.01. The van der Waals surface area contributed by atoms with Crippen LogP contribution in [-0.4, -0.2) is 97.5 Å². The van der Waals surface area contributed by atoms with Crippen LogP contribution in [0, 0.1) is 5.41 Å². The highest BCUT2D eigenvalue weighted by molar-refractivity contribution is 5.93. The summed E-state index contributed by atoms with van der Waals surface area (Å²) in [6.07, 6.45) is 0.0145. The molecule has 0 aromatic heterocycles. The lowest BCUT2D eigenvalue weighted by molar-refractivity contribution is -0.143. The Morgan fingerprint density at radius 3 is 2.14 bits per heavy atom. The monoisotopic (exact) mass is 596 g/mol. The van der Waals surface area contributed by atoms with Crippen LogP contribution in [0.4, 0.5) is 0 Å². The van der Waals surface area contributed by atoms with E-state index in [9.17, 15) is 34.8 Å². The summed E-state index contributed by atoms with van der Waals surface area (Å²) in [5.74, 6) is -1.79. The normalized spacial score (nSPS) is 21.6. The number of phenols is 2. The molecule has 0 saturated carbocycles. The minimum absolute atomic E-state index is 0.0461. The number of hydrogen-bond donors (Lipinski definition) is 8. The smallest absolute Gasteiger partial charge is 0.249 e. The number of guanidine groups is 1. The van der Waals surface area contributed by atoms with Crippen molar-refractivity contribution in [1.82, 2.24) is 20.4 Å². The number of nitrogens with two attached hydrogens (primary N) is 1. The average molecular weight is 597 g/mol. The number of carbonyl (C=O) groups excluding carboxylic acids is 3. The molecule has 2 aliphatic rings. The first-order chi connectivity index (χ1) is 20.5. The second-order valence-corrected chi connectivity index (χ2v) is 11.1. The van der Waals surface area contributed by atoms with Crippen LogP contribution in [0.1, 0.15) is 43.2 Å². The minimum Gasteiger partial charge on any atom is -0.508 e.